The number of amides is 1. The van der Waals surface area contributed by atoms with Crippen LogP contribution in [-0.4, -0.2) is 22.6 Å². The molecule has 5 nitrogen and oxygen atoms in total. The second-order valence-electron chi connectivity index (χ2n) is 5.71. The molecule has 1 aliphatic heterocycles. The summed E-state index contributed by atoms with van der Waals surface area (Å²) in [4.78, 5) is 18.3. The first-order chi connectivity index (χ1) is 11.7. The molecule has 1 amide bonds. The molecule has 0 radical (unpaired) electrons. The van der Waals surface area contributed by atoms with Crippen molar-refractivity contribution in [3.63, 3.8) is 0 Å². The van der Waals surface area contributed by atoms with Gasteiger partial charge in [0.25, 0.3) is 5.89 Å². The normalized spacial score (nSPS) is 17.5. The van der Waals surface area contributed by atoms with E-state index in [1.165, 1.54) is 12.1 Å². The molecule has 1 aliphatic rings. The Hall–Kier alpha value is -3.02. The first-order valence-electron chi connectivity index (χ1n) is 7.65. The van der Waals surface area contributed by atoms with Gasteiger partial charge in [-0.15, -0.1) is 0 Å². The lowest BCUT2D eigenvalue weighted by atomic mass is 10.1. The van der Waals surface area contributed by atoms with Crippen molar-refractivity contribution >= 4 is 11.6 Å². The van der Waals surface area contributed by atoms with Crippen LogP contribution in [0, 0.1) is 5.82 Å². The zero-order chi connectivity index (χ0) is 16.5. The number of anilines is 1. The van der Waals surface area contributed by atoms with Gasteiger partial charge in [-0.05, 0) is 36.4 Å². The number of carbonyl (C=O) groups excluding carboxylic acids is 1. The molecular weight excluding hydrogens is 309 g/mol. The van der Waals surface area contributed by atoms with Gasteiger partial charge in [-0.1, -0.05) is 23.4 Å². The van der Waals surface area contributed by atoms with Crippen molar-refractivity contribution in [3.8, 4) is 11.5 Å². The van der Waals surface area contributed by atoms with Crippen LogP contribution in [-0.2, 0) is 4.79 Å². The van der Waals surface area contributed by atoms with Crippen molar-refractivity contribution < 1.29 is 13.7 Å². The average Bonchev–Trinajstić information content (AvgIpc) is 3.23. The monoisotopic (exact) mass is 323 g/mol. The minimum absolute atomic E-state index is 0.0299. The molecule has 4 rings (SSSR count). The number of carbonyl (C=O) groups is 1. The summed E-state index contributed by atoms with van der Waals surface area (Å²) in [5, 5.41) is 4.03. The lowest BCUT2D eigenvalue weighted by Gasteiger charge is -2.15. The Labute approximate surface area is 137 Å². The third-order valence-electron chi connectivity index (χ3n) is 4.09. The maximum Gasteiger partial charge on any atom is 0.257 e. The van der Waals surface area contributed by atoms with Crippen molar-refractivity contribution in [2.24, 2.45) is 0 Å². The lowest BCUT2D eigenvalue weighted by Crippen LogP contribution is -2.24. The lowest BCUT2D eigenvalue weighted by molar-refractivity contribution is -0.117. The zero-order valence-electron chi connectivity index (χ0n) is 12.7. The molecular formula is C18H14FN3O2. The fraction of sp³-hybridized carbons (Fsp3) is 0.167. The van der Waals surface area contributed by atoms with Crippen LogP contribution in [0.15, 0.2) is 59.1 Å². The third kappa shape index (κ3) is 2.67. The van der Waals surface area contributed by atoms with E-state index in [0.717, 1.165) is 5.56 Å². The molecule has 1 atom stereocenters. The largest absolute Gasteiger partial charge is 0.334 e. The predicted octanol–water partition coefficient (Wildman–Crippen LogP) is 3.40. The Kier molecular flexibility index (Phi) is 3.57. The van der Waals surface area contributed by atoms with Crippen molar-refractivity contribution in [2.75, 3.05) is 11.4 Å². The summed E-state index contributed by atoms with van der Waals surface area (Å²) in [5.41, 5.74) is 1.52. The molecule has 0 bridgehead atoms. The van der Waals surface area contributed by atoms with Crippen LogP contribution in [0.2, 0.25) is 0 Å². The smallest absolute Gasteiger partial charge is 0.257 e. The highest BCUT2D eigenvalue weighted by atomic mass is 19.1. The van der Waals surface area contributed by atoms with E-state index in [0.29, 0.717) is 30.4 Å². The van der Waals surface area contributed by atoms with Crippen LogP contribution in [0.1, 0.15) is 18.2 Å². The quantitative estimate of drug-likeness (QED) is 0.741. The number of benzene rings is 2. The summed E-state index contributed by atoms with van der Waals surface area (Å²) in [6.07, 6.45) is 0.311. The molecule has 1 aromatic heterocycles. The molecule has 0 N–H and O–H groups in total. The molecule has 0 unspecified atom stereocenters. The first kappa shape index (κ1) is 14.6. The zero-order valence-corrected chi connectivity index (χ0v) is 12.7. The topological polar surface area (TPSA) is 59.2 Å². The SMILES string of the molecule is O=C1C[C@@H](c2noc(-c3ccccc3)n2)CN1c1ccc(F)cc1. The Balaban J connectivity index is 1.55. The summed E-state index contributed by atoms with van der Waals surface area (Å²) in [7, 11) is 0. The van der Waals surface area contributed by atoms with E-state index < -0.39 is 0 Å². The highest BCUT2D eigenvalue weighted by molar-refractivity contribution is 5.96. The summed E-state index contributed by atoms with van der Waals surface area (Å²) in [6, 6.07) is 15.4. The number of aromatic nitrogens is 2. The van der Waals surface area contributed by atoms with Crippen LogP contribution in [0.25, 0.3) is 11.5 Å². The van der Waals surface area contributed by atoms with Gasteiger partial charge >= 0.3 is 0 Å². The standard InChI is InChI=1S/C18H14FN3O2/c19-14-6-8-15(9-7-14)22-11-13(10-16(22)23)17-20-18(24-21-17)12-4-2-1-3-5-12/h1-9,13H,10-11H2/t13-/m1/s1. The molecule has 1 fully saturated rings. The number of nitrogens with zero attached hydrogens (tertiary/aromatic N) is 3. The Morgan fingerprint density at radius 3 is 2.58 bits per heavy atom. The minimum Gasteiger partial charge on any atom is -0.334 e. The van der Waals surface area contributed by atoms with Gasteiger partial charge in [0.1, 0.15) is 5.82 Å². The number of hydrogen-bond acceptors (Lipinski definition) is 4. The molecule has 6 heteroatoms. The van der Waals surface area contributed by atoms with Gasteiger partial charge < -0.3 is 9.42 Å². The van der Waals surface area contributed by atoms with Crippen LogP contribution in [0.5, 0.6) is 0 Å². The van der Waals surface area contributed by atoms with Gasteiger partial charge in [0.15, 0.2) is 5.82 Å². The maximum absolute atomic E-state index is 13.0. The fourth-order valence-corrected chi connectivity index (χ4v) is 2.85. The summed E-state index contributed by atoms with van der Waals surface area (Å²) in [6.45, 7) is 0.457. The van der Waals surface area contributed by atoms with Gasteiger partial charge in [0.2, 0.25) is 5.91 Å². The van der Waals surface area contributed by atoms with Gasteiger partial charge in [-0.2, -0.15) is 4.98 Å². The van der Waals surface area contributed by atoms with E-state index >= 15 is 0 Å². The number of halogens is 1. The van der Waals surface area contributed by atoms with Crippen molar-refractivity contribution in [2.45, 2.75) is 12.3 Å². The molecule has 0 saturated carbocycles. The van der Waals surface area contributed by atoms with Gasteiger partial charge in [-0.3, -0.25) is 4.79 Å². The van der Waals surface area contributed by atoms with Crippen molar-refractivity contribution in [3.05, 3.63) is 66.2 Å². The van der Waals surface area contributed by atoms with E-state index in [4.69, 9.17) is 4.52 Å². The van der Waals surface area contributed by atoms with E-state index in [1.807, 2.05) is 30.3 Å². The highest BCUT2D eigenvalue weighted by Gasteiger charge is 2.34. The molecule has 120 valence electrons. The minimum atomic E-state index is -0.326. The van der Waals surface area contributed by atoms with Crippen LogP contribution < -0.4 is 4.90 Å². The summed E-state index contributed by atoms with van der Waals surface area (Å²) < 4.78 is 18.4. The van der Waals surface area contributed by atoms with Crippen LogP contribution in [0.3, 0.4) is 0 Å². The maximum atomic E-state index is 13.0. The second kappa shape index (κ2) is 5.88. The van der Waals surface area contributed by atoms with E-state index in [9.17, 15) is 9.18 Å². The number of hydrogen-bond donors (Lipinski definition) is 0. The van der Waals surface area contributed by atoms with E-state index in [2.05, 4.69) is 10.1 Å². The molecule has 1 saturated heterocycles. The Morgan fingerprint density at radius 1 is 1.08 bits per heavy atom. The van der Waals surface area contributed by atoms with E-state index in [-0.39, 0.29) is 17.6 Å². The Morgan fingerprint density at radius 2 is 1.83 bits per heavy atom. The average molecular weight is 323 g/mol. The van der Waals surface area contributed by atoms with Gasteiger partial charge in [0.05, 0.1) is 0 Å². The predicted molar refractivity (Wildman–Crippen MR) is 85.8 cm³/mol. The fourth-order valence-electron chi connectivity index (χ4n) is 2.85. The third-order valence-corrected chi connectivity index (χ3v) is 4.09. The first-order valence-corrected chi connectivity index (χ1v) is 7.65. The highest BCUT2D eigenvalue weighted by Crippen LogP contribution is 2.31. The molecule has 24 heavy (non-hydrogen) atoms. The van der Waals surface area contributed by atoms with Gasteiger partial charge in [-0.25, -0.2) is 4.39 Å². The van der Waals surface area contributed by atoms with Crippen molar-refractivity contribution in [1.29, 1.82) is 0 Å². The molecule has 2 aromatic carbocycles. The second-order valence-corrected chi connectivity index (χ2v) is 5.71. The molecule has 2 heterocycles. The molecule has 0 spiro atoms. The summed E-state index contributed by atoms with van der Waals surface area (Å²) >= 11 is 0. The molecule has 3 aromatic rings. The van der Waals surface area contributed by atoms with Gasteiger partial charge in [0, 0.05) is 30.1 Å². The van der Waals surface area contributed by atoms with Crippen LogP contribution >= 0.6 is 0 Å². The Bertz CT molecular complexity index is 861. The molecule has 0 aliphatic carbocycles. The van der Waals surface area contributed by atoms with E-state index in [1.54, 1.807) is 17.0 Å². The van der Waals surface area contributed by atoms with Crippen molar-refractivity contribution in [1.82, 2.24) is 10.1 Å². The van der Waals surface area contributed by atoms with Crippen LogP contribution in [0.4, 0.5) is 10.1 Å². The summed E-state index contributed by atoms with van der Waals surface area (Å²) in [5.74, 6) is 0.471. The number of rotatable bonds is 3.